The highest BCUT2D eigenvalue weighted by Gasteiger charge is 2.08. The molecule has 0 saturated heterocycles. The predicted molar refractivity (Wildman–Crippen MR) is 80.7 cm³/mol. The van der Waals surface area contributed by atoms with Crippen LogP contribution in [-0.2, 0) is 0 Å². The van der Waals surface area contributed by atoms with Gasteiger partial charge in [-0.3, -0.25) is 0 Å². The Bertz CT molecular complexity index is 587. The van der Waals surface area contributed by atoms with Crippen molar-refractivity contribution in [3.05, 3.63) is 40.1 Å². The summed E-state index contributed by atoms with van der Waals surface area (Å²) < 4.78 is 0. The van der Waals surface area contributed by atoms with Crippen LogP contribution in [0.3, 0.4) is 0 Å². The maximum Gasteiger partial charge on any atom is 0.138 e. The van der Waals surface area contributed by atoms with E-state index >= 15 is 0 Å². The Kier molecular flexibility index (Phi) is 4.45. The summed E-state index contributed by atoms with van der Waals surface area (Å²) in [7, 11) is 0. The van der Waals surface area contributed by atoms with Gasteiger partial charge in [0.2, 0.25) is 0 Å². The lowest BCUT2D eigenvalue weighted by Crippen LogP contribution is -2.05. The second kappa shape index (κ2) is 6.08. The third-order valence-electron chi connectivity index (χ3n) is 2.61. The molecule has 0 unspecified atom stereocenters. The van der Waals surface area contributed by atoms with Crippen molar-refractivity contribution in [1.82, 2.24) is 9.97 Å². The lowest BCUT2D eigenvalue weighted by molar-refractivity contribution is 1.08. The highest BCUT2D eigenvalue weighted by Crippen LogP contribution is 2.29. The topological polar surface area (TPSA) is 49.8 Å². The van der Waals surface area contributed by atoms with E-state index in [2.05, 4.69) is 20.6 Å². The molecule has 100 valence electrons. The zero-order valence-electron chi connectivity index (χ0n) is 10.7. The first kappa shape index (κ1) is 13.9. The maximum absolute atomic E-state index is 6.12. The average molecular weight is 297 g/mol. The fraction of sp³-hybridized carbons (Fsp3) is 0.231. The van der Waals surface area contributed by atoms with Crippen molar-refractivity contribution in [1.29, 1.82) is 0 Å². The van der Waals surface area contributed by atoms with E-state index in [1.54, 1.807) is 18.2 Å². The van der Waals surface area contributed by atoms with Crippen LogP contribution in [0.4, 0.5) is 17.3 Å². The average Bonchev–Trinajstić information content (AvgIpc) is 2.39. The molecule has 1 aromatic carbocycles. The number of halogens is 2. The van der Waals surface area contributed by atoms with Crippen LogP contribution in [0, 0.1) is 6.92 Å². The number of hydrogen-bond donors (Lipinski definition) is 2. The normalized spacial score (nSPS) is 10.3. The molecule has 0 aliphatic heterocycles. The molecule has 4 nitrogen and oxygen atoms in total. The second-order valence-electron chi connectivity index (χ2n) is 3.98. The van der Waals surface area contributed by atoms with Crippen LogP contribution in [0.1, 0.15) is 12.5 Å². The largest absolute Gasteiger partial charge is 0.370 e. The van der Waals surface area contributed by atoms with Gasteiger partial charge in [0, 0.05) is 17.1 Å². The molecule has 0 bridgehead atoms. The van der Waals surface area contributed by atoms with Gasteiger partial charge in [0.1, 0.15) is 18.0 Å². The lowest BCUT2D eigenvalue weighted by Gasteiger charge is -2.13. The summed E-state index contributed by atoms with van der Waals surface area (Å²) in [6, 6.07) is 5.25. The van der Waals surface area contributed by atoms with Crippen molar-refractivity contribution in [3.63, 3.8) is 0 Å². The van der Waals surface area contributed by atoms with Gasteiger partial charge < -0.3 is 10.6 Å². The molecule has 0 fully saturated rings. The minimum atomic E-state index is 0.590. The molecule has 0 atom stereocenters. The number of rotatable bonds is 4. The monoisotopic (exact) mass is 296 g/mol. The van der Waals surface area contributed by atoms with E-state index in [9.17, 15) is 0 Å². The summed E-state index contributed by atoms with van der Waals surface area (Å²) in [6.45, 7) is 4.76. The van der Waals surface area contributed by atoms with Crippen LogP contribution in [0.25, 0.3) is 0 Å². The Morgan fingerprint density at radius 1 is 1.16 bits per heavy atom. The zero-order valence-corrected chi connectivity index (χ0v) is 12.2. The highest BCUT2D eigenvalue weighted by molar-refractivity contribution is 6.35. The molecule has 2 rings (SSSR count). The van der Waals surface area contributed by atoms with Gasteiger partial charge >= 0.3 is 0 Å². The quantitative estimate of drug-likeness (QED) is 0.885. The molecule has 0 aliphatic rings. The predicted octanol–water partition coefficient (Wildman–Crippen LogP) is 4.27. The Balaban J connectivity index is 2.33. The van der Waals surface area contributed by atoms with Gasteiger partial charge in [-0.15, -0.1) is 0 Å². The minimum Gasteiger partial charge on any atom is -0.370 e. The number of nitrogens with zero attached hydrogens (tertiary/aromatic N) is 2. The van der Waals surface area contributed by atoms with Crippen LogP contribution >= 0.6 is 23.2 Å². The summed E-state index contributed by atoms with van der Waals surface area (Å²) in [6.07, 6.45) is 1.51. The van der Waals surface area contributed by atoms with Crippen molar-refractivity contribution in [2.24, 2.45) is 0 Å². The molecule has 0 radical (unpaired) electrons. The van der Waals surface area contributed by atoms with Gasteiger partial charge in [-0.2, -0.15) is 0 Å². The molecule has 0 amide bonds. The van der Waals surface area contributed by atoms with Crippen molar-refractivity contribution >= 4 is 40.5 Å². The molecular weight excluding hydrogens is 283 g/mol. The minimum absolute atomic E-state index is 0.590. The first-order valence-corrected chi connectivity index (χ1v) is 6.65. The molecule has 0 aliphatic carbocycles. The molecule has 2 aromatic rings. The van der Waals surface area contributed by atoms with E-state index in [1.165, 1.54) is 6.33 Å². The van der Waals surface area contributed by atoms with Crippen LogP contribution in [-0.4, -0.2) is 16.5 Å². The fourth-order valence-electron chi connectivity index (χ4n) is 1.64. The molecule has 2 N–H and O–H groups in total. The second-order valence-corrected chi connectivity index (χ2v) is 4.82. The van der Waals surface area contributed by atoms with E-state index in [0.717, 1.165) is 23.6 Å². The van der Waals surface area contributed by atoms with Crippen molar-refractivity contribution < 1.29 is 0 Å². The van der Waals surface area contributed by atoms with Crippen LogP contribution in [0.15, 0.2) is 24.5 Å². The van der Waals surface area contributed by atoms with Gasteiger partial charge in [0.15, 0.2) is 0 Å². The van der Waals surface area contributed by atoms with Crippen LogP contribution < -0.4 is 10.6 Å². The maximum atomic E-state index is 6.12. The van der Waals surface area contributed by atoms with Crippen molar-refractivity contribution in [2.75, 3.05) is 17.2 Å². The van der Waals surface area contributed by atoms with Crippen molar-refractivity contribution in [2.45, 2.75) is 13.8 Å². The van der Waals surface area contributed by atoms with E-state index < -0.39 is 0 Å². The number of anilines is 3. The van der Waals surface area contributed by atoms with E-state index in [-0.39, 0.29) is 0 Å². The molecule has 1 heterocycles. The first-order chi connectivity index (χ1) is 9.11. The van der Waals surface area contributed by atoms with E-state index in [4.69, 9.17) is 23.2 Å². The Morgan fingerprint density at radius 2 is 1.89 bits per heavy atom. The van der Waals surface area contributed by atoms with Gasteiger partial charge in [0.05, 0.1) is 10.7 Å². The van der Waals surface area contributed by atoms with Gasteiger partial charge in [-0.05, 0) is 32.0 Å². The Morgan fingerprint density at radius 3 is 2.63 bits per heavy atom. The van der Waals surface area contributed by atoms with Gasteiger partial charge in [0.25, 0.3) is 0 Å². The SMILES string of the molecule is CCNc1ncnc(Nc2cc(Cl)ccc2Cl)c1C. The number of nitrogens with one attached hydrogen (secondary N) is 2. The first-order valence-electron chi connectivity index (χ1n) is 5.89. The number of hydrogen-bond acceptors (Lipinski definition) is 4. The summed E-state index contributed by atoms with van der Waals surface area (Å²) in [4.78, 5) is 8.41. The molecular formula is C13H14Cl2N4. The summed E-state index contributed by atoms with van der Waals surface area (Å²) >= 11 is 12.1. The van der Waals surface area contributed by atoms with Gasteiger partial charge in [-0.25, -0.2) is 9.97 Å². The van der Waals surface area contributed by atoms with Crippen LogP contribution in [0.5, 0.6) is 0 Å². The summed E-state index contributed by atoms with van der Waals surface area (Å²) in [5, 5.41) is 7.56. The molecule has 19 heavy (non-hydrogen) atoms. The Hall–Kier alpha value is -1.52. The smallest absolute Gasteiger partial charge is 0.138 e. The van der Waals surface area contributed by atoms with Gasteiger partial charge in [-0.1, -0.05) is 23.2 Å². The highest BCUT2D eigenvalue weighted by atomic mass is 35.5. The van der Waals surface area contributed by atoms with E-state index in [1.807, 2.05) is 13.8 Å². The summed E-state index contributed by atoms with van der Waals surface area (Å²) in [5.41, 5.74) is 1.65. The van der Waals surface area contributed by atoms with Crippen molar-refractivity contribution in [3.8, 4) is 0 Å². The molecule has 1 aromatic heterocycles. The molecule has 0 spiro atoms. The third-order valence-corrected chi connectivity index (χ3v) is 3.17. The number of benzene rings is 1. The van der Waals surface area contributed by atoms with Crippen LogP contribution in [0.2, 0.25) is 10.0 Å². The lowest BCUT2D eigenvalue weighted by atomic mass is 10.2. The Labute approximate surface area is 122 Å². The molecule has 0 saturated carbocycles. The molecule has 6 heteroatoms. The third kappa shape index (κ3) is 3.28. The fourth-order valence-corrected chi connectivity index (χ4v) is 1.98. The number of aromatic nitrogens is 2. The zero-order chi connectivity index (χ0) is 13.8. The standard InChI is InChI=1S/C13H14Cl2N4/c1-3-16-12-8(2)13(18-7-17-12)19-11-6-9(14)4-5-10(11)15/h4-7H,3H2,1-2H3,(H2,16,17,18,19). The summed E-state index contributed by atoms with van der Waals surface area (Å²) in [5.74, 6) is 1.51. The van der Waals surface area contributed by atoms with E-state index in [0.29, 0.717) is 15.9 Å².